The number of rotatable bonds is 5. The van der Waals surface area contributed by atoms with Gasteiger partial charge in [0.1, 0.15) is 46.6 Å². The molecule has 12 heteroatoms. The second kappa shape index (κ2) is 9.83. The van der Waals surface area contributed by atoms with Crippen molar-refractivity contribution in [3.05, 3.63) is 64.5 Å². The van der Waals surface area contributed by atoms with Gasteiger partial charge in [-0.2, -0.15) is 0 Å². The lowest BCUT2D eigenvalue weighted by Gasteiger charge is -2.27. The highest BCUT2D eigenvalue weighted by atomic mass is 79.9. The molecule has 1 aliphatic heterocycles. The van der Waals surface area contributed by atoms with E-state index in [0.717, 1.165) is 39.6 Å². The van der Waals surface area contributed by atoms with Crippen LogP contribution in [0.25, 0.3) is 33.1 Å². The number of hydrogen-bond donors (Lipinski definition) is 2. The zero-order valence-corrected chi connectivity index (χ0v) is 24.9. The van der Waals surface area contributed by atoms with Gasteiger partial charge in [0, 0.05) is 29.4 Å². The fourth-order valence-electron chi connectivity index (χ4n) is 6.25. The van der Waals surface area contributed by atoms with Crippen molar-refractivity contribution in [2.75, 3.05) is 11.1 Å². The summed E-state index contributed by atoms with van der Waals surface area (Å²) in [5, 5.41) is 4.49. The number of nitrogens with one attached hydrogen (secondary N) is 1. The van der Waals surface area contributed by atoms with Gasteiger partial charge in [0.05, 0.1) is 10.9 Å². The number of amides is 2. The molecule has 7 rings (SSSR count). The minimum atomic E-state index is -0.566. The largest absolute Gasteiger partial charge is 0.383 e. The summed E-state index contributed by atoms with van der Waals surface area (Å²) in [6.45, 7) is 5.75. The average molecular weight is 627 g/mol. The molecule has 0 spiro atoms. The number of likely N-dealkylation sites (tertiary alicyclic amines) is 1. The molecule has 1 aromatic carbocycles. The summed E-state index contributed by atoms with van der Waals surface area (Å²) in [7, 11) is 0. The van der Waals surface area contributed by atoms with Gasteiger partial charge in [0.25, 0.3) is 0 Å². The molecule has 11 nitrogen and oxygen atoms in total. The van der Waals surface area contributed by atoms with Crippen molar-refractivity contribution >= 4 is 61.3 Å². The van der Waals surface area contributed by atoms with E-state index in [1.807, 2.05) is 43.5 Å². The fourth-order valence-corrected chi connectivity index (χ4v) is 6.56. The number of benzene rings is 1. The Hall–Kier alpha value is -4.45. The maximum atomic E-state index is 14.1. The number of nitrogens with two attached hydrogens (primary N) is 1. The van der Waals surface area contributed by atoms with Crippen molar-refractivity contribution in [1.29, 1.82) is 0 Å². The van der Waals surface area contributed by atoms with Gasteiger partial charge in [-0.3, -0.25) is 9.59 Å². The quantitative estimate of drug-likeness (QED) is 0.274. The summed E-state index contributed by atoms with van der Waals surface area (Å²) in [6.07, 6.45) is 6.55. The molecule has 0 bridgehead atoms. The van der Waals surface area contributed by atoms with Crippen molar-refractivity contribution in [1.82, 2.24) is 34.4 Å². The topological polar surface area (TPSA) is 145 Å². The number of carbonyl (C=O) groups excluding carboxylic acids is 2. The molecule has 2 aliphatic rings. The van der Waals surface area contributed by atoms with Crippen molar-refractivity contribution < 1.29 is 9.59 Å². The normalized spacial score (nSPS) is 19.3. The molecule has 1 saturated carbocycles. The van der Waals surface area contributed by atoms with Crippen LogP contribution in [0.2, 0.25) is 0 Å². The van der Waals surface area contributed by atoms with Crippen LogP contribution in [-0.4, -0.2) is 58.3 Å². The number of halogens is 1. The lowest BCUT2D eigenvalue weighted by molar-refractivity contribution is -0.138. The minimum Gasteiger partial charge on any atom is -0.383 e. The van der Waals surface area contributed by atoms with Crippen molar-refractivity contribution in [3.63, 3.8) is 0 Å². The molecule has 42 heavy (non-hydrogen) atoms. The first-order valence-corrected chi connectivity index (χ1v) is 14.6. The average Bonchev–Trinajstić information content (AvgIpc) is 3.50. The van der Waals surface area contributed by atoms with Gasteiger partial charge in [-0.15, -0.1) is 0 Å². The van der Waals surface area contributed by atoms with E-state index < -0.39 is 6.04 Å². The van der Waals surface area contributed by atoms with Gasteiger partial charge in [-0.05, 0) is 90.4 Å². The summed E-state index contributed by atoms with van der Waals surface area (Å²) in [4.78, 5) is 51.2. The van der Waals surface area contributed by atoms with Gasteiger partial charge in [0.2, 0.25) is 11.8 Å². The molecule has 212 valence electrons. The summed E-state index contributed by atoms with van der Waals surface area (Å²) in [6, 6.07) is 7.28. The van der Waals surface area contributed by atoms with Crippen LogP contribution in [-0.2, 0) is 16.1 Å². The van der Waals surface area contributed by atoms with E-state index in [2.05, 4.69) is 52.2 Å². The lowest BCUT2D eigenvalue weighted by atomic mass is 10.0. The standard InChI is InChI=1S/C30H28BrN9O2/c1-14-4-5-23(31)37-28(14)38-30(42)22-9-18-8-21(18)40(22)24(41)12-39-26-15(2)6-17(19-10-33-16(3)34-11-19)7-20(26)25-27(32)35-13-36-29(25)39/h4-7,10-11,13,18,21-22H,8-9,12H2,1-3H3,(H2,32,35,36)(H,37,38,42)/t18-,21?,22+/m1/s1. The molecule has 3 atom stereocenters. The highest BCUT2D eigenvalue weighted by Crippen LogP contribution is 2.48. The Labute approximate surface area is 249 Å². The third-order valence-electron chi connectivity index (χ3n) is 8.36. The molecule has 1 unspecified atom stereocenters. The zero-order chi connectivity index (χ0) is 29.3. The third-order valence-corrected chi connectivity index (χ3v) is 8.80. The second-order valence-electron chi connectivity index (χ2n) is 11.2. The van der Waals surface area contributed by atoms with Crippen molar-refractivity contribution in [3.8, 4) is 11.1 Å². The van der Waals surface area contributed by atoms with Gasteiger partial charge >= 0.3 is 0 Å². The van der Waals surface area contributed by atoms with Crippen molar-refractivity contribution in [2.24, 2.45) is 5.92 Å². The molecule has 2 amide bonds. The molecular weight excluding hydrogens is 598 g/mol. The fraction of sp³-hybridized carbons (Fsp3) is 0.300. The van der Waals surface area contributed by atoms with E-state index in [-0.39, 0.29) is 24.4 Å². The molecule has 3 N–H and O–H groups in total. The number of nitrogen functional groups attached to an aromatic ring is 1. The van der Waals surface area contributed by atoms with E-state index in [1.54, 1.807) is 17.3 Å². The van der Waals surface area contributed by atoms with Gasteiger partial charge < -0.3 is 20.5 Å². The van der Waals surface area contributed by atoms with Crippen LogP contribution in [0.4, 0.5) is 11.6 Å². The van der Waals surface area contributed by atoms with Crippen LogP contribution in [0.5, 0.6) is 0 Å². The molecular formula is C30H28BrN9O2. The maximum absolute atomic E-state index is 14.1. The van der Waals surface area contributed by atoms with E-state index in [0.29, 0.717) is 45.4 Å². The molecule has 5 aromatic rings. The van der Waals surface area contributed by atoms with Crippen LogP contribution in [0, 0.1) is 26.7 Å². The molecule has 5 heterocycles. The molecule has 0 radical (unpaired) electrons. The van der Waals surface area contributed by atoms with Gasteiger partial charge in [-0.25, -0.2) is 24.9 Å². The monoisotopic (exact) mass is 625 g/mol. The second-order valence-corrected chi connectivity index (χ2v) is 12.0. The van der Waals surface area contributed by atoms with Gasteiger partial charge in [0.15, 0.2) is 0 Å². The van der Waals surface area contributed by atoms with Crippen LogP contribution >= 0.6 is 15.9 Å². The van der Waals surface area contributed by atoms with Gasteiger partial charge in [-0.1, -0.05) is 6.07 Å². The Balaban J connectivity index is 1.25. The Kier molecular flexibility index (Phi) is 6.19. The Bertz CT molecular complexity index is 1920. The Morgan fingerprint density at radius 3 is 2.60 bits per heavy atom. The summed E-state index contributed by atoms with van der Waals surface area (Å²) < 4.78 is 2.53. The number of aromatic nitrogens is 6. The first-order valence-electron chi connectivity index (χ1n) is 13.8. The predicted octanol–water partition coefficient (Wildman–Crippen LogP) is 4.33. The predicted molar refractivity (Wildman–Crippen MR) is 162 cm³/mol. The lowest BCUT2D eigenvalue weighted by Crippen LogP contribution is -2.46. The van der Waals surface area contributed by atoms with E-state index in [9.17, 15) is 9.59 Å². The first-order chi connectivity index (χ1) is 20.2. The minimum absolute atomic E-state index is 0.0193. The molecule has 1 saturated heterocycles. The molecule has 4 aromatic heterocycles. The molecule has 2 fully saturated rings. The number of anilines is 2. The van der Waals surface area contributed by atoms with Crippen LogP contribution in [0.3, 0.4) is 0 Å². The highest BCUT2D eigenvalue weighted by Gasteiger charge is 2.56. The number of piperidine rings is 1. The summed E-state index contributed by atoms with van der Waals surface area (Å²) >= 11 is 3.37. The van der Waals surface area contributed by atoms with E-state index in [4.69, 9.17) is 5.73 Å². The Morgan fingerprint density at radius 1 is 1.02 bits per heavy atom. The van der Waals surface area contributed by atoms with Crippen molar-refractivity contribution in [2.45, 2.75) is 52.2 Å². The first kappa shape index (κ1) is 26.4. The number of hydrogen-bond acceptors (Lipinski definition) is 8. The van der Waals surface area contributed by atoms with E-state index in [1.165, 1.54) is 6.33 Å². The number of carbonyl (C=O) groups is 2. The highest BCUT2D eigenvalue weighted by molar-refractivity contribution is 9.10. The van der Waals surface area contributed by atoms with E-state index >= 15 is 0 Å². The SMILES string of the molecule is Cc1ncc(-c2cc(C)c3c(c2)c2c(N)ncnc2n3CC(=O)N2C3C[C@@H]3C[C@H]2C(=O)Nc2nc(Br)ccc2C)cn1. The number of pyridine rings is 1. The zero-order valence-electron chi connectivity index (χ0n) is 23.3. The van der Waals surface area contributed by atoms with Crippen LogP contribution in [0.15, 0.2) is 47.6 Å². The smallest absolute Gasteiger partial charge is 0.248 e. The summed E-state index contributed by atoms with van der Waals surface area (Å²) in [5.41, 5.74) is 11.4. The number of aryl methyl sites for hydroxylation is 3. The number of fused-ring (bicyclic) bond motifs is 4. The Morgan fingerprint density at radius 2 is 1.81 bits per heavy atom. The third kappa shape index (κ3) is 4.37. The maximum Gasteiger partial charge on any atom is 0.248 e. The number of nitrogens with zero attached hydrogens (tertiary/aromatic N) is 7. The van der Waals surface area contributed by atoms with Crippen LogP contribution in [0.1, 0.15) is 29.8 Å². The summed E-state index contributed by atoms with van der Waals surface area (Å²) in [5.74, 6) is 1.50. The molecule has 1 aliphatic carbocycles. The van der Waals surface area contributed by atoms with Crippen LogP contribution < -0.4 is 11.1 Å².